The summed E-state index contributed by atoms with van der Waals surface area (Å²) >= 11 is 4.88. The Morgan fingerprint density at radius 3 is 2.75 bits per heavy atom. The summed E-state index contributed by atoms with van der Waals surface area (Å²) < 4.78 is 5.57. The molecule has 0 aromatic heterocycles. The average Bonchev–Trinajstić information content (AvgIpc) is 2.28. The number of hydrogen-bond donors (Lipinski definition) is 0. The van der Waals surface area contributed by atoms with Crippen LogP contribution in [0.4, 0.5) is 0 Å². The highest BCUT2D eigenvalue weighted by Crippen LogP contribution is 2.32. The summed E-state index contributed by atoms with van der Waals surface area (Å²) in [4.78, 5) is 12.8. The number of halogens is 1. The van der Waals surface area contributed by atoms with Crippen molar-refractivity contribution in [3.8, 4) is 5.75 Å². The van der Waals surface area contributed by atoms with Crippen LogP contribution >= 0.6 is 27.7 Å². The van der Waals surface area contributed by atoms with Crippen molar-refractivity contribution in [2.24, 2.45) is 0 Å². The molecular formula is C12H15BrO2S. The fourth-order valence-electron chi connectivity index (χ4n) is 1.38. The third-order valence-electron chi connectivity index (χ3n) is 2.11. The molecule has 0 saturated carbocycles. The molecule has 1 unspecified atom stereocenters. The number of carbonyl (C=O) groups is 1. The molecule has 0 amide bonds. The predicted molar refractivity (Wildman–Crippen MR) is 72.1 cm³/mol. The molecule has 1 rings (SSSR count). The van der Waals surface area contributed by atoms with Crippen molar-refractivity contribution < 1.29 is 9.53 Å². The average molecular weight is 303 g/mol. The highest BCUT2D eigenvalue weighted by Gasteiger charge is 2.19. The Hall–Kier alpha value is -0.480. The van der Waals surface area contributed by atoms with Crippen LogP contribution in [0.5, 0.6) is 5.75 Å². The molecule has 0 aliphatic heterocycles. The summed E-state index contributed by atoms with van der Waals surface area (Å²) in [7, 11) is 0. The number of hydrogen-bond acceptors (Lipinski definition) is 3. The first-order chi connectivity index (χ1) is 7.61. The molecule has 0 aliphatic rings. The molecule has 4 heteroatoms. The fraction of sp³-hybridized carbons (Fsp3) is 0.417. The second-order valence-corrected chi connectivity index (χ2v) is 5.47. The number of Topliss-reactive ketones (excluding diaryl/α,β-unsaturated/α-hetero) is 1. The second-order valence-electron chi connectivity index (χ2n) is 3.25. The number of rotatable bonds is 5. The Kier molecular flexibility index (Phi) is 5.35. The highest BCUT2D eigenvalue weighted by atomic mass is 79.9. The van der Waals surface area contributed by atoms with Crippen LogP contribution in [-0.4, -0.2) is 23.5 Å². The first-order valence-corrected chi connectivity index (χ1v) is 7.24. The normalized spacial score (nSPS) is 12.2. The molecular weight excluding hydrogens is 288 g/mol. The van der Waals surface area contributed by atoms with E-state index in [0.717, 1.165) is 4.90 Å². The van der Waals surface area contributed by atoms with Crippen molar-refractivity contribution >= 4 is 33.5 Å². The van der Waals surface area contributed by atoms with Crippen molar-refractivity contribution in [3.63, 3.8) is 0 Å². The smallest absolute Gasteiger partial charge is 0.179 e. The third-order valence-corrected chi connectivity index (χ3v) is 3.29. The number of alkyl halides is 1. The fourth-order valence-corrected chi connectivity index (χ4v) is 2.19. The SMILES string of the molecule is CCOc1c(SC)cccc1C(=O)C(C)Br. The van der Waals surface area contributed by atoms with Gasteiger partial charge in [-0.15, -0.1) is 11.8 Å². The van der Waals surface area contributed by atoms with Crippen LogP contribution in [0.3, 0.4) is 0 Å². The number of ketones is 1. The van der Waals surface area contributed by atoms with Crippen LogP contribution in [0, 0.1) is 0 Å². The van der Waals surface area contributed by atoms with Gasteiger partial charge < -0.3 is 4.74 Å². The molecule has 0 heterocycles. The van der Waals surface area contributed by atoms with E-state index in [1.807, 2.05) is 38.3 Å². The lowest BCUT2D eigenvalue weighted by Crippen LogP contribution is -2.12. The van der Waals surface area contributed by atoms with Gasteiger partial charge in [0.1, 0.15) is 5.75 Å². The maximum Gasteiger partial charge on any atom is 0.179 e. The molecule has 0 bridgehead atoms. The molecule has 0 spiro atoms. The van der Waals surface area contributed by atoms with Crippen molar-refractivity contribution in [3.05, 3.63) is 23.8 Å². The zero-order valence-corrected chi connectivity index (χ0v) is 12.0. The van der Waals surface area contributed by atoms with E-state index in [4.69, 9.17) is 4.74 Å². The van der Waals surface area contributed by atoms with Crippen LogP contribution in [0.1, 0.15) is 24.2 Å². The van der Waals surface area contributed by atoms with Gasteiger partial charge in [-0.3, -0.25) is 4.79 Å². The van der Waals surface area contributed by atoms with E-state index in [0.29, 0.717) is 17.9 Å². The maximum atomic E-state index is 12.0. The summed E-state index contributed by atoms with van der Waals surface area (Å²) in [5.41, 5.74) is 0.651. The standard InChI is InChI=1S/C12H15BrO2S/c1-4-15-12-9(11(14)8(2)13)6-5-7-10(12)16-3/h5-8H,4H2,1-3H3. The van der Waals surface area contributed by atoms with Gasteiger partial charge in [-0.05, 0) is 32.2 Å². The number of para-hydroxylation sites is 1. The van der Waals surface area contributed by atoms with Crippen molar-refractivity contribution in [2.75, 3.05) is 12.9 Å². The predicted octanol–water partition coefficient (Wildman–Crippen LogP) is 3.77. The molecule has 0 aliphatic carbocycles. The number of thioether (sulfide) groups is 1. The molecule has 0 saturated heterocycles. The number of benzene rings is 1. The van der Waals surface area contributed by atoms with Crippen molar-refractivity contribution in [2.45, 2.75) is 23.6 Å². The first-order valence-electron chi connectivity index (χ1n) is 5.09. The molecule has 2 nitrogen and oxygen atoms in total. The summed E-state index contributed by atoms with van der Waals surface area (Å²) in [5.74, 6) is 0.758. The van der Waals surface area contributed by atoms with Gasteiger partial charge in [0.25, 0.3) is 0 Å². The van der Waals surface area contributed by atoms with Crippen LogP contribution in [0.2, 0.25) is 0 Å². The summed E-state index contributed by atoms with van der Waals surface area (Å²) in [5, 5.41) is 0. The van der Waals surface area contributed by atoms with Crippen LogP contribution < -0.4 is 4.74 Å². The highest BCUT2D eigenvalue weighted by molar-refractivity contribution is 9.10. The van der Waals surface area contributed by atoms with Gasteiger partial charge in [0.15, 0.2) is 5.78 Å². The molecule has 0 N–H and O–H groups in total. The largest absolute Gasteiger partial charge is 0.492 e. The van der Waals surface area contributed by atoms with Gasteiger partial charge in [0, 0.05) is 4.90 Å². The monoisotopic (exact) mass is 302 g/mol. The third kappa shape index (κ3) is 3.01. The number of ether oxygens (including phenoxy) is 1. The first kappa shape index (κ1) is 13.6. The van der Waals surface area contributed by atoms with Gasteiger partial charge in [-0.2, -0.15) is 0 Å². The van der Waals surface area contributed by atoms with Crippen molar-refractivity contribution in [1.29, 1.82) is 0 Å². The minimum Gasteiger partial charge on any atom is -0.492 e. The Balaban J connectivity index is 3.21. The van der Waals surface area contributed by atoms with E-state index >= 15 is 0 Å². The quantitative estimate of drug-likeness (QED) is 0.470. The molecule has 0 radical (unpaired) electrons. The topological polar surface area (TPSA) is 26.3 Å². The molecule has 1 aromatic rings. The Morgan fingerprint density at radius 2 is 2.25 bits per heavy atom. The molecule has 0 fully saturated rings. The Bertz CT molecular complexity index is 377. The second kappa shape index (κ2) is 6.30. The zero-order valence-electron chi connectivity index (χ0n) is 9.62. The summed E-state index contributed by atoms with van der Waals surface area (Å²) in [6, 6.07) is 5.66. The van der Waals surface area contributed by atoms with Crippen LogP contribution in [0.15, 0.2) is 23.1 Å². The van der Waals surface area contributed by atoms with Gasteiger partial charge in [-0.1, -0.05) is 22.0 Å². The minimum absolute atomic E-state index is 0.0550. The molecule has 16 heavy (non-hydrogen) atoms. The Labute approximate surface area is 109 Å². The lowest BCUT2D eigenvalue weighted by molar-refractivity contribution is 0.0991. The summed E-state index contributed by atoms with van der Waals surface area (Å²) in [6.07, 6.45) is 1.98. The number of carbonyl (C=O) groups excluding carboxylic acids is 1. The molecule has 88 valence electrons. The van der Waals surface area contributed by atoms with E-state index in [2.05, 4.69) is 15.9 Å². The molecule has 1 aromatic carbocycles. The Morgan fingerprint density at radius 1 is 1.56 bits per heavy atom. The van der Waals surface area contributed by atoms with E-state index in [9.17, 15) is 4.79 Å². The minimum atomic E-state index is -0.191. The zero-order chi connectivity index (χ0) is 12.1. The lowest BCUT2D eigenvalue weighted by Gasteiger charge is -2.13. The van der Waals surface area contributed by atoms with Crippen LogP contribution in [-0.2, 0) is 0 Å². The van der Waals surface area contributed by atoms with E-state index in [-0.39, 0.29) is 10.6 Å². The van der Waals surface area contributed by atoms with Gasteiger partial charge >= 0.3 is 0 Å². The van der Waals surface area contributed by atoms with Gasteiger partial charge in [-0.25, -0.2) is 0 Å². The van der Waals surface area contributed by atoms with Gasteiger partial charge in [0.2, 0.25) is 0 Å². The van der Waals surface area contributed by atoms with E-state index in [1.54, 1.807) is 11.8 Å². The molecule has 1 atom stereocenters. The van der Waals surface area contributed by atoms with Crippen LogP contribution in [0.25, 0.3) is 0 Å². The van der Waals surface area contributed by atoms with E-state index in [1.165, 1.54) is 0 Å². The van der Waals surface area contributed by atoms with E-state index < -0.39 is 0 Å². The summed E-state index contributed by atoms with van der Waals surface area (Å²) in [6.45, 7) is 4.31. The lowest BCUT2D eigenvalue weighted by atomic mass is 10.1. The van der Waals surface area contributed by atoms with Gasteiger partial charge in [0.05, 0.1) is 17.0 Å². The van der Waals surface area contributed by atoms with Crippen molar-refractivity contribution in [1.82, 2.24) is 0 Å². The maximum absolute atomic E-state index is 12.0.